The number of rotatable bonds is 4. The molecule has 0 radical (unpaired) electrons. The summed E-state index contributed by atoms with van der Waals surface area (Å²) in [5.74, 6) is 0.833. The van der Waals surface area contributed by atoms with Crippen LogP contribution in [0.5, 0.6) is 0 Å². The van der Waals surface area contributed by atoms with Crippen molar-refractivity contribution in [2.45, 2.75) is 18.4 Å². The molecule has 2 fully saturated rings. The third kappa shape index (κ3) is 2.81. The van der Waals surface area contributed by atoms with E-state index in [0.717, 1.165) is 19.0 Å². The zero-order valence-corrected chi connectivity index (χ0v) is 11.7. The van der Waals surface area contributed by atoms with Crippen molar-refractivity contribution >= 4 is 0 Å². The summed E-state index contributed by atoms with van der Waals surface area (Å²) in [7, 11) is 6.70. The largest absolute Gasteiger partial charge is 0.329 e. The summed E-state index contributed by atoms with van der Waals surface area (Å²) in [5, 5.41) is 0. The Morgan fingerprint density at radius 3 is 2.53 bits per heavy atom. The molecule has 4 nitrogen and oxygen atoms in total. The van der Waals surface area contributed by atoms with Gasteiger partial charge in [-0.3, -0.25) is 4.90 Å². The van der Waals surface area contributed by atoms with E-state index in [2.05, 4.69) is 35.8 Å². The first-order valence-corrected chi connectivity index (χ1v) is 6.84. The zero-order chi connectivity index (χ0) is 12.5. The van der Waals surface area contributed by atoms with Crippen molar-refractivity contribution in [1.29, 1.82) is 0 Å². The van der Waals surface area contributed by atoms with Crippen molar-refractivity contribution in [3.8, 4) is 0 Å². The van der Waals surface area contributed by atoms with Gasteiger partial charge < -0.3 is 15.5 Å². The van der Waals surface area contributed by atoms with E-state index in [0.29, 0.717) is 0 Å². The molecule has 0 aromatic heterocycles. The van der Waals surface area contributed by atoms with Gasteiger partial charge in [-0.15, -0.1) is 0 Å². The third-order valence-electron chi connectivity index (χ3n) is 4.73. The van der Waals surface area contributed by atoms with Crippen LogP contribution in [0.4, 0.5) is 0 Å². The minimum absolute atomic E-state index is 0.232. The highest BCUT2D eigenvalue weighted by Crippen LogP contribution is 2.27. The summed E-state index contributed by atoms with van der Waals surface area (Å²) in [4.78, 5) is 7.39. The van der Waals surface area contributed by atoms with Crippen molar-refractivity contribution in [2.75, 3.05) is 60.4 Å². The maximum absolute atomic E-state index is 6.05. The monoisotopic (exact) mass is 240 g/mol. The van der Waals surface area contributed by atoms with Crippen molar-refractivity contribution in [1.82, 2.24) is 14.7 Å². The number of nitrogens with zero attached hydrogens (tertiary/aromatic N) is 3. The second kappa shape index (κ2) is 5.22. The second-order valence-electron chi connectivity index (χ2n) is 6.21. The first-order valence-electron chi connectivity index (χ1n) is 6.84. The SMILES string of the molecule is CN1CCC(CN(C)C2(CN)CCN(C)C2)C1. The minimum Gasteiger partial charge on any atom is -0.329 e. The van der Waals surface area contributed by atoms with Crippen LogP contribution in [0, 0.1) is 5.92 Å². The molecular formula is C13H28N4. The topological polar surface area (TPSA) is 35.7 Å². The quantitative estimate of drug-likeness (QED) is 0.744. The third-order valence-corrected chi connectivity index (χ3v) is 4.73. The van der Waals surface area contributed by atoms with Crippen molar-refractivity contribution in [3.63, 3.8) is 0 Å². The summed E-state index contributed by atoms with van der Waals surface area (Å²) in [5.41, 5.74) is 6.29. The number of hydrogen-bond acceptors (Lipinski definition) is 4. The number of likely N-dealkylation sites (N-methyl/N-ethyl adjacent to an activating group) is 2. The van der Waals surface area contributed by atoms with E-state index < -0.39 is 0 Å². The van der Waals surface area contributed by atoms with Crippen LogP contribution >= 0.6 is 0 Å². The van der Waals surface area contributed by atoms with Crippen LogP contribution in [-0.2, 0) is 0 Å². The summed E-state index contributed by atoms with van der Waals surface area (Å²) in [6, 6.07) is 0. The fraction of sp³-hybridized carbons (Fsp3) is 1.00. The highest BCUT2D eigenvalue weighted by Gasteiger charge is 2.40. The Morgan fingerprint density at radius 2 is 2.06 bits per heavy atom. The molecular weight excluding hydrogens is 212 g/mol. The van der Waals surface area contributed by atoms with Gasteiger partial charge in [0, 0.05) is 31.7 Å². The van der Waals surface area contributed by atoms with E-state index >= 15 is 0 Å². The second-order valence-corrected chi connectivity index (χ2v) is 6.21. The average molecular weight is 240 g/mol. The summed E-state index contributed by atoms with van der Waals surface area (Å²) in [6.07, 6.45) is 2.57. The first kappa shape index (κ1) is 13.3. The molecule has 2 aliphatic rings. The summed E-state index contributed by atoms with van der Waals surface area (Å²) < 4.78 is 0. The van der Waals surface area contributed by atoms with Crippen LogP contribution in [0.15, 0.2) is 0 Å². The molecule has 0 aromatic rings. The Hall–Kier alpha value is -0.160. The fourth-order valence-corrected chi connectivity index (χ4v) is 3.45. The van der Waals surface area contributed by atoms with Crippen molar-refractivity contribution in [2.24, 2.45) is 11.7 Å². The molecule has 2 unspecified atom stereocenters. The zero-order valence-electron chi connectivity index (χ0n) is 11.7. The van der Waals surface area contributed by atoms with Gasteiger partial charge in [-0.2, -0.15) is 0 Å². The number of nitrogens with two attached hydrogens (primary N) is 1. The molecule has 0 spiro atoms. The molecule has 0 saturated carbocycles. The first-order chi connectivity index (χ1) is 8.05. The van der Waals surface area contributed by atoms with E-state index in [1.165, 1.54) is 39.0 Å². The fourth-order valence-electron chi connectivity index (χ4n) is 3.45. The average Bonchev–Trinajstić information content (AvgIpc) is 2.86. The normalized spacial score (nSPS) is 36.2. The van der Waals surface area contributed by atoms with Gasteiger partial charge >= 0.3 is 0 Å². The predicted molar refractivity (Wildman–Crippen MR) is 72.1 cm³/mol. The summed E-state index contributed by atoms with van der Waals surface area (Å²) in [6.45, 7) is 6.81. The van der Waals surface area contributed by atoms with Gasteiger partial charge in [0.1, 0.15) is 0 Å². The Kier molecular flexibility index (Phi) is 4.08. The van der Waals surface area contributed by atoms with Gasteiger partial charge in [0.2, 0.25) is 0 Å². The maximum atomic E-state index is 6.05. The van der Waals surface area contributed by atoms with Crippen LogP contribution < -0.4 is 5.73 Å². The van der Waals surface area contributed by atoms with Gasteiger partial charge in [-0.05, 0) is 53.0 Å². The lowest BCUT2D eigenvalue weighted by atomic mass is 9.95. The molecule has 2 rings (SSSR count). The lowest BCUT2D eigenvalue weighted by molar-refractivity contribution is 0.114. The highest BCUT2D eigenvalue weighted by molar-refractivity contribution is 4.99. The molecule has 0 aliphatic carbocycles. The highest BCUT2D eigenvalue weighted by atomic mass is 15.3. The Balaban J connectivity index is 1.91. The van der Waals surface area contributed by atoms with Gasteiger partial charge in [-0.25, -0.2) is 0 Å². The molecule has 2 atom stereocenters. The van der Waals surface area contributed by atoms with Crippen LogP contribution in [-0.4, -0.2) is 80.7 Å². The van der Waals surface area contributed by atoms with E-state index in [1.807, 2.05) is 0 Å². The van der Waals surface area contributed by atoms with Gasteiger partial charge in [-0.1, -0.05) is 0 Å². The van der Waals surface area contributed by atoms with Crippen LogP contribution in [0.2, 0.25) is 0 Å². The lowest BCUT2D eigenvalue weighted by Gasteiger charge is -2.39. The van der Waals surface area contributed by atoms with E-state index in [9.17, 15) is 0 Å². The van der Waals surface area contributed by atoms with Crippen LogP contribution in [0.25, 0.3) is 0 Å². The van der Waals surface area contributed by atoms with Crippen LogP contribution in [0.1, 0.15) is 12.8 Å². The molecule has 0 amide bonds. The van der Waals surface area contributed by atoms with Crippen molar-refractivity contribution < 1.29 is 0 Å². The predicted octanol–water partition coefficient (Wildman–Crippen LogP) is -0.0971. The molecule has 2 N–H and O–H groups in total. The molecule has 17 heavy (non-hydrogen) atoms. The van der Waals surface area contributed by atoms with Crippen molar-refractivity contribution in [3.05, 3.63) is 0 Å². The molecule has 0 aromatic carbocycles. The van der Waals surface area contributed by atoms with Crippen LogP contribution in [0.3, 0.4) is 0 Å². The Labute approximate surface area is 106 Å². The molecule has 4 heteroatoms. The molecule has 2 heterocycles. The Morgan fingerprint density at radius 1 is 1.29 bits per heavy atom. The molecule has 2 saturated heterocycles. The molecule has 0 bridgehead atoms. The van der Waals surface area contributed by atoms with Gasteiger partial charge in [0.15, 0.2) is 0 Å². The van der Waals surface area contributed by atoms with Gasteiger partial charge in [0.25, 0.3) is 0 Å². The van der Waals surface area contributed by atoms with E-state index in [-0.39, 0.29) is 5.54 Å². The summed E-state index contributed by atoms with van der Waals surface area (Å²) >= 11 is 0. The van der Waals surface area contributed by atoms with Gasteiger partial charge in [0.05, 0.1) is 0 Å². The Bertz CT molecular complexity index is 258. The van der Waals surface area contributed by atoms with E-state index in [1.54, 1.807) is 0 Å². The maximum Gasteiger partial charge on any atom is 0.0467 e. The minimum atomic E-state index is 0.232. The lowest BCUT2D eigenvalue weighted by Crippen LogP contribution is -2.55. The number of likely N-dealkylation sites (tertiary alicyclic amines) is 2. The standard InChI is InChI=1S/C13H28N4/c1-15-6-4-12(8-15)9-17(3)13(10-14)5-7-16(2)11-13/h12H,4-11,14H2,1-3H3. The van der Waals surface area contributed by atoms with E-state index in [4.69, 9.17) is 5.73 Å². The molecule has 100 valence electrons. The number of hydrogen-bond donors (Lipinski definition) is 1. The smallest absolute Gasteiger partial charge is 0.0467 e. The molecule has 2 aliphatic heterocycles.